The number of nitrogens with zero attached hydrogens (tertiary/aromatic N) is 2. The second-order valence-electron chi connectivity index (χ2n) is 8.98. The molecule has 2 aliphatic heterocycles. The fraction of sp³-hybridized carbons (Fsp3) is 0.591. The number of aliphatic carboxylic acids is 1. The summed E-state index contributed by atoms with van der Waals surface area (Å²) in [4.78, 5) is 30.4. The van der Waals surface area contributed by atoms with Gasteiger partial charge in [0.25, 0.3) is 0 Å². The van der Waals surface area contributed by atoms with Crippen LogP contribution in [0.15, 0.2) is 28.1 Å². The molecule has 1 amide bonds. The van der Waals surface area contributed by atoms with Gasteiger partial charge in [0, 0.05) is 19.6 Å². The number of likely N-dealkylation sites (tertiary alicyclic amines) is 1. The van der Waals surface area contributed by atoms with E-state index < -0.39 is 34.0 Å². The number of carboxylic acids is 1. The van der Waals surface area contributed by atoms with Gasteiger partial charge < -0.3 is 26.8 Å². The fourth-order valence-electron chi connectivity index (χ4n) is 4.53. The highest BCUT2D eigenvalue weighted by Crippen LogP contribution is 2.31. The van der Waals surface area contributed by atoms with Gasteiger partial charge in [-0.15, -0.1) is 0 Å². The number of fused-ring (bicyclic) bond motifs is 1. The van der Waals surface area contributed by atoms with Crippen LogP contribution >= 0.6 is 0 Å². The lowest BCUT2D eigenvalue weighted by atomic mass is 9.96. The Balaban J connectivity index is 1.87. The molecule has 2 aliphatic rings. The van der Waals surface area contributed by atoms with E-state index in [0.29, 0.717) is 43.8 Å². The zero-order valence-corrected chi connectivity index (χ0v) is 20.2. The molecule has 188 valence electrons. The van der Waals surface area contributed by atoms with E-state index in [4.69, 9.17) is 11.5 Å². The number of carboxylic acid groups (broad SMARTS) is 1. The van der Waals surface area contributed by atoms with Crippen molar-refractivity contribution in [1.82, 2.24) is 9.62 Å². The number of benzene rings is 1. The summed E-state index contributed by atoms with van der Waals surface area (Å²) in [5.41, 5.74) is 12.2. The van der Waals surface area contributed by atoms with Crippen LogP contribution in [0.3, 0.4) is 0 Å². The normalized spacial score (nSPS) is 21.1. The number of nitrogens with one attached hydrogen (secondary N) is 2. The van der Waals surface area contributed by atoms with E-state index in [9.17, 15) is 23.1 Å². The third kappa shape index (κ3) is 6.17. The summed E-state index contributed by atoms with van der Waals surface area (Å²) in [6.45, 7) is 3.21. The summed E-state index contributed by atoms with van der Waals surface area (Å²) in [5.74, 6) is -1.37. The van der Waals surface area contributed by atoms with Crippen molar-refractivity contribution in [1.29, 1.82) is 0 Å². The largest absolute Gasteiger partial charge is 0.480 e. The van der Waals surface area contributed by atoms with Crippen LogP contribution in [0.2, 0.25) is 0 Å². The van der Waals surface area contributed by atoms with Crippen LogP contribution in [0.1, 0.15) is 44.6 Å². The smallest absolute Gasteiger partial charge is 0.326 e. The maximum Gasteiger partial charge on any atom is 0.326 e. The lowest BCUT2D eigenvalue weighted by molar-refractivity contribution is -0.152. The molecule has 12 heteroatoms. The number of para-hydroxylation sites is 1. The van der Waals surface area contributed by atoms with Gasteiger partial charge in [0.05, 0.1) is 5.69 Å². The number of rotatable bonds is 9. The molecule has 34 heavy (non-hydrogen) atoms. The molecule has 0 bridgehead atoms. The van der Waals surface area contributed by atoms with Crippen LogP contribution in [0.25, 0.3) is 0 Å². The Labute approximate surface area is 200 Å². The van der Waals surface area contributed by atoms with Crippen molar-refractivity contribution >= 4 is 33.5 Å². The lowest BCUT2D eigenvalue weighted by Crippen LogP contribution is -2.55. The molecule has 0 spiro atoms. The summed E-state index contributed by atoms with van der Waals surface area (Å²) in [5, 5.41) is 12.8. The third-order valence-electron chi connectivity index (χ3n) is 6.21. The molecule has 3 unspecified atom stereocenters. The Morgan fingerprint density at radius 3 is 2.79 bits per heavy atom. The van der Waals surface area contributed by atoms with Crippen LogP contribution in [0, 0.1) is 5.92 Å². The topological polar surface area (TPSA) is 180 Å². The number of guanidine groups is 1. The average molecular weight is 495 g/mol. The van der Waals surface area contributed by atoms with E-state index >= 15 is 0 Å². The monoisotopic (exact) mass is 494 g/mol. The summed E-state index contributed by atoms with van der Waals surface area (Å²) < 4.78 is 29.4. The minimum atomic E-state index is -4.09. The van der Waals surface area contributed by atoms with Crippen molar-refractivity contribution in [3.8, 4) is 0 Å². The van der Waals surface area contributed by atoms with Gasteiger partial charge in [-0.2, -0.15) is 4.72 Å². The molecule has 0 aliphatic carbocycles. The van der Waals surface area contributed by atoms with Crippen LogP contribution in [-0.4, -0.2) is 68.0 Å². The minimum absolute atomic E-state index is 0.0763. The number of piperidine rings is 1. The van der Waals surface area contributed by atoms with Gasteiger partial charge in [-0.1, -0.05) is 19.1 Å². The van der Waals surface area contributed by atoms with Crippen molar-refractivity contribution in [3.05, 3.63) is 23.8 Å². The zero-order chi connectivity index (χ0) is 24.9. The molecule has 1 aromatic carbocycles. The van der Waals surface area contributed by atoms with Crippen molar-refractivity contribution in [2.75, 3.05) is 25.0 Å². The maximum atomic E-state index is 13.4. The van der Waals surface area contributed by atoms with Crippen molar-refractivity contribution in [2.45, 2.75) is 62.4 Å². The van der Waals surface area contributed by atoms with Gasteiger partial charge in [0.15, 0.2) is 5.96 Å². The predicted octanol–water partition coefficient (Wildman–Crippen LogP) is 0.457. The third-order valence-corrected chi connectivity index (χ3v) is 7.72. The Morgan fingerprint density at radius 2 is 2.09 bits per heavy atom. The zero-order valence-electron chi connectivity index (χ0n) is 19.4. The summed E-state index contributed by atoms with van der Waals surface area (Å²) in [7, 11) is -4.09. The minimum Gasteiger partial charge on any atom is -0.480 e. The first-order valence-corrected chi connectivity index (χ1v) is 13.0. The highest BCUT2D eigenvalue weighted by molar-refractivity contribution is 7.89. The number of hydrogen-bond donors (Lipinski definition) is 5. The number of anilines is 1. The Morgan fingerprint density at radius 1 is 1.32 bits per heavy atom. The molecule has 7 N–H and O–H groups in total. The molecular formula is C22H34N6O5S. The van der Waals surface area contributed by atoms with Gasteiger partial charge in [-0.3, -0.25) is 9.79 Å². The molecule has 0 saturated carbocycles. The molecular weight excluding hydrogens is 460 g/mol. The fourth-order valence-corrected chi connectivity index (χ4v) is 5.98. The molecule has 3 atom stereocenters. The van der Waals surface area contributed by atoms with Gasteiger partial charge >= 0.3 is 5.97 Å². The van der Waals surface area contributed by atoms with Crippen molar-refractivity contribution < 1.29 is 23.1 Å². The van der Waals surface area contributed by atoms with Crippen LogP contribution < -0.4 is 21.5 Å². The van der Waals surface area contributed by atoms with E-state index in [0.717, 1.165) is 12.0 Å². The molecule has 1 fully saturated rings. The number of hydrogen-bond acceptors (Lipinski definition) is 6. The summed E-state index contributed by atoms with van der Waals surface area (Å²) >= 11 is 0. The lowest BCUT2D eigenvalue weighted by Gasteiger charge is -2.35. The molecule has 3 rings (SSSR count). The molecule has 2 heterocycles. The predicted molar refractivity (Wildman–Crippen MR) is 129 cm³/mol. The maximum absolute atomic E-state index is 13.4. The quantitative estimate of drug-likeness (QED) is 0.186. The van der Waals surface area contributed by atoms with E-state index in [1.807, 2.05) is 6.07 Å². The van der Waals surface area contributed by atoms with Gasteiger partial charge in [0.2, 0.25) is 15.9 Å². The van der Waals surface area contributed by atoms with Crippen molar-refractivity contribution in [2.24, 2.45) is 22.4 Å². The highest BCUT2D eigenvalue weighted by Gasteiger charge is 2.37. The number of carbonyl (C=O) groups is 2. The molecule has 11 nitrogen and oxygen atoms in total. The van der Waals surface area contributed by atoms with Crippen LogP contribution in [-0.2, 0) is 26.0 Å². The Bertz CT molecular complexity index is 1040. The first-order valence-electron chi connectivity index (χ1n) is 11.6. The van der Waals surface area contributed by atoms with E-state index in [-0.39, 0.29) is 30.4 Å². The standard InChI is InChI=1S/C22H34N6O5S/c1-14-12-15-6-4-9-18(19(15)26-13-14)34(32,33)27-16(7-5-10-25-22(23)24)20(29)28-11-3-2-8-17(28)21(30)31/h4,6,9,14,16-17,26-27H,2-3,5,7-8,10-13H2,1H3,(H,30,31)(H4,23,24,25). The molecule has 1 aromatic rings. The average Bonchev–Trinajstić information content (AvgIpc) is 2.79. The summed E-state index contributed by atoms with van der Waals surface area (Å²) in [6, 6.07) is 2.97. The summed E-state index contributed by atoms with van der Waals surface area (Å²) in [6.07, 6.45) is 2.91. The second kappa shape index (κ2) is 11.0. The van der Waals surface area contributed by atoms with Crippen molar-refractivity contribution in [3.63, 3.8) is 0 Å². The Hall–Kier alpha value is -2.86. The molecule has 0 aromatic heterocycles. The number of aliphatic imine (C=N–C) groups is 1. The van der Waals surface area contributed by atoms with E-state index in [2.05, 4.69) is 22.0 Å². The van der Waals surface area contributed by atoms with Gasteiger partial charge in [-0.25, -0.2) is 13.2 Å². The second-order valence-corrected chi connectivity index (χ2v) is 10.7. The van der Waals surface area contributed by atoms with Crippen LogP contribution in [0.4, 0.5) is 5.69 Å². The molecule has 1 saturated heterocycles. The first-order chi connectivity index (χ1) is 16.1. The molecule has 0 radical (unpaired) electrons. The first kappa shape index (κ1) is 25.8. The SMILES string of the molecule is CC1CNc2c(cccc2S(=O)(=O)NC(CCCN=C(N)N)C(=O)N2CCCCC2C(=O)O)C1. The van der Waals surface area contributed by atoms with E-state index in [1.165, 1.54) is 11.0 Å². The van der Waals surface area contributed by atoms with Crippen LogP contribution in [0.5, 0.6) is 0 Å². The Kier molecular flexibility index (Phi) is 8.37. The number of carbonyl (C=O) groups excluding carboxylic acids is 1. The van der Waals surface area contributed by atoms with Gasteiger partial charge in [0.1, 0.15) is 17.0 Å². The van der Waals surface area contributed by atoms with E-state index in [1.54, 1.807) is 6.07 Å². The number of amides is 1. The van der Waals surface area contributed by atoms with Gasteiger partial charge in [-0.05, 0) is 56.1 Å². The number of sulfonamides is 1. The highest BCUT2D eigenvalue weighted by atomic mass is 32.2. The number of nitrogens with two attached hydrogens (primary N) is 2.